The van der Waals surface area contributed by atoms with Gasteiger partial charge in [0.2, 0.25) is 0 Å². The van der Waals surface area contributed by atoms with Gasteiger partial charge in [-0.05, 0) is 25.1 Å². The summed E-state index contributed by atoms with van der Waals surface area (Å²) in [4.78, 5) is 0. The maximum absolute atomic E-state index is 5.66. The van der Waals surface area contributed by atoms with Gasteiger partial charge in [0, 0.05) is 12.1 Å². The first-order valence-corrected chi connectivity index (χ1v) is 6.37. The number of hydrogen-bond acceptors (Lipinski definition) is 4. The molecule has 0 aliphatic carbocycles. The van der Waals surface area contributed by atoms with E-state index in [1.807, 2.05) is 37.3 Å². The molecule has 0 saturated heterocycles. The van der Waals surface area contributed by atoms with Gasteiger partial charge in [0.1, 0.15) is 5.76 Å². The first-order chi connectivity index (χ1) is 9.35. The Kier molecular flexibility index (Phi) is 6.98. The van der Waals surface area contributed by atoms with Crippen LogP contribution in [0, 0.1) is 0 Å². The van der Waals surface area contributed by atoms with Crippen molar-refractivity contribution >= 4 is 0 Å². The molecule has 0 saturated carbocycles. The quantitative estimate of drug-likeness (QED) is 0.780. The third-order valence-corrected chi connectivity index (χ3v) is 2.76. The lowest BCUT2D eigenvalue weighted by Crippen LogP contribution is -3.00. The lowest BCUT2D eigenvalue weighted by atomic mass is 10.2. The topological polar surface area (TPSA) is 43.6 Å². The van der Waals surface area contributed by atoms with Crippen LogP contribution in [0.5, 0.6) is 11.5 Å². The first kappa shape index (κ1) is 16.4. The molecule has 2 rings (SSSR count). The van der Waals surface area contributed by atoms with Crippen LogP contribution in [0.4, 0.5) is 0 Å². The lowest BCUT2D eigenvalue weighted by Gasteiger charge is -2.14. The fraction of sp³-hybridized carbons (Fsp3) is 0.333. The predicted octanol–water partition coefficient (Wildman–Crippen LogP) is -0.0193. The summed E-state index contributed by atoms with van der Waals surface area (Å²) in [5.41, 5.74) is 1.08. The van der Waals surface area contributed by atoms with Gasteiger partial charge in [0.15, 0.2) is 11.5 Å². The van der Waals surface area contributed by atoms with Gasteiger partial charge in [-0.3, -0.25) is 0 Å². The van der Waals surface area contributed by atoms with E-state index in [2.05, 4.69) is 5.32 Å². The second-order valence-electron chi connectivity index (χ2n) is 4.06. The molecule has 0 radical (unpaired) electrons. The third-order valence-electron chi connectivity index (χ3n) is 2.76. The molecule has 2 aromatic rings. The van der Waals surface area contributed by atoms with Gasteiger partial charge in [-0.15, -0.1) is 0 Å². The van der Waals surface area contributed by atoms with Gasteiger partial charge in [-0.25, -0.2) is 0 Å². The zero-order valence-electron chi connectivity index (χ0n) is 11.7. The summed E-state index contributed by atoms with van der Waals surface area (Å²) in [6.07, 6.45) is 1.67. The van der Waals surface area contributed by atoms with Gasteiger partial charge in [0.25, 0.3) is 0 Å². The number of hydrogen-bond donors (Lipinski definition) is 1. The number of halogens is 1. The Balaban J connectivity index is 0.00000200. The van der Waals surface area contributed by atoms with Gasteiger partial charge in [-0.2, -0.15) is 0 Å². The summed E-state index contributed by atoms with van der Waals surface area (Å²) in [6.45, 7) is 3.97. The fourth-order valence-corrected chi connectivity index (χ4v) is 1.90. The molecule has 1 aromatic carbocycles. The van der Waals surface area contributed by atoms with Crippen molar-refractivity contribution in [1.82, 2.24) is 5.32 Å². The molecule has 4 nitrogen and oxygen atoms in total. The molecule has 110 valence electrons. The average molecular weight is 297 g/mol. The van der Waals surface area contributed by atoms with Gasteiger partial charge in [-0.1, -0.05) is 12.1 Å². The molecule has 20 heavy (non-hydrogen) atoms. The van der Waals surface area contributed by atoms with Crippen LogP contribution in [-0.4, -0.2) is 13.7 Å². The zero-order chi connectivity index (χ0) is 13.5. The Labute approximate surface area is 125 Å². The Morgan fingerprint density at radius 3 is 2.65 bits per heavy atom. The second-order valence-corrected chi connectivity index (χ2v) is 4.06. The minimum Gasteiger partial charge on any atom is -1.00 e. The van der Waals surface area contributed by atoms with Gasteiger partial charge in [0.05, 0.1) is 26.5 Å². The molecular weight excluding hydrogens is 278 g/mol. The molecule has 0 amide bonds. The molecule has 0 aliphatic heterocycles. The van der Waals surface area contributed by atoms with Crippen LogP contribution >= 0.6 is 0 Å². The normalized spacial score (nSPS) is 9.90. The Morgan fingerprint density at radius 2 is 2.00 bits per heavy atom. The molecule has 0 bridgehead atoms. The molecule has 0 spiro atoms. The highest BCUT2D eigenvalue weighted by molar-refractivity contribution is 5.46. The maximum atomic E-state index is 5.66. The number of rotatable bonds is 7. The van der Waals surface area contributed by atoms with E-state index in [0.717, 1.165) is 22.8 Å². The van der Waals surface area contributed by atoms with E-state index < -0.39 is 0 Å². The molecule has 0 unspecified atom stereocenters. The van der Waals surface area contributed by atoms with Crippen LogP contribution in [0.2, 0.25) is 0 Å². The van der Waals surface area contributed by atoms with Crippen LogP contribution in [0.1, 0.15) is 18.2 Å². The van der Waals surface area contributed by atoms with Gasteiger partial charge < -0.3 is 31.6 Å². The average Bonchev–Trinajstić information content (AvgIpc) is 2.94. The van der Waals surface area contributed by atoms with Crippen molar-refractivity contribution in [2.45, 2.75) is 20.0 Å². The largest absolute Gasteiger partial charge is 1.00 e. The predicted molar refractivity (Wildman–Crippen MR) is 73.4 cm³/mol. The smallest absolute Gasteiger partial charge is 0.165 e. The highest BCUT2D eigenvalue weighted by atomic mass is 35.5. The first-order valence-electron chi connectivity index (χ1n) is 6.37. The van der Waals surface area contributed by atoms with Crippen molar-refractivity contribution in [1.29, 1.82) is 0 Å². The van der Waals surface area contributed by atoms with Crippen LogP contribution in [0.25, 0.3) is 0 Å². The number of furan rings is 1. The molecule has 0 fully saturated rings. The molecule has 0 aliphatic rings. The van der Waals surface area contributed by atoms with Crippen molar-refractivity contribution in [3.63, 3.8) is 0 Å². The van der Waals surface area contributed by atoms with E-state index in [4.69, 9.17) is 13.9 Å². The summed E-state index contributed by atoms with van der Waals surface area (Å²) in [6, 6.07) is 9.73. The van der Waals surface area contributed by atoms with Crippen molar-refractivity contribution < 1.29 is 26.3 Å². The minimum absolute atomic E-state index is 0. The number of methoxy groups -OCH3 is 1. The zero-order valence-corrected chi connectivity index (χ0v) is 12.4. The standard InChI is InChI=1S/C15H19NO3.ClH/c1-3-18-15-12(6-4-8-14(15)17-2)10-16-11-13-7-5-9-19-13;/h4-9,16H,3,10-11H2,1-2H3;1H/p-1. The van der Waals surface area contributed by atoms with Crippen molar-refractivity contribution in [2.75, 3.05) is 13.7 Å². The number of para-hydroxylation sites is 1. The summed E-state index contributed by atoms with van der Waals surface area (Å²) >= 11 is 0. The van der Waals surface area contributed by atoms with Crippen LogP contribution in [-0.2, 0) is 13.1 Å². The van der Waals surface area contributed by atoms with Crippen LogP contribution < -0.4 is 27.2 Å². The molecule has 0 atom stereocenters. The molecule has 5 heteroatoms. The monoisotopic (exact) mass is 296 g/mol. The molecule has 1 heterocycles. The van der Waals surface area contributed by atoms with E-state index in [0.29, 0.717) is 19.7 Å². The van der Waals surface area contributed by atoms with Crippen molar-refractivity contribution in [3.05, 3.63) is 47.9 Å². The highest BCUT2D eigenvalue weighted by Crippen LogP contribution is 2.30. The van der Waals surface area contributed by atoms with Gasteiger partial charge >= 0.3 is 0 Å². The fourth-order valence-electron chi connectivity index (χ4n) is 1.90. The SMILES string of the molecule is CCOc1c(CNCc2ccco2)cccc1OC.[Cl-]. The lowest BCUT2D eigenvalue weighted by molar-refractivity contribution is -0.00000516. The van der Waals surface area contributed by atoms with E-state index in [1.54, 1.807) is 13.4 Å². The Hall–Kier alpha value is -1.65. The number of benzene rings is 1. The Bertz CT molecular complexity index is 500. The van der Waals surface area contributed by atoms with E-state index in [-0.39, 0.29) is 12.4 Å². The van der Waals surface area contributed by atoms with E-state index in [1.165, 1.54) is 0 Å². The summed E-state index contributed by atoms with van der Waals surface area (Å²) in [7, 11) is 1.65. The highest BCUT2D eigenvalue weighted by Gasteiger charge is 2.09. The van der Waals surface area contributed by atoms with Crippen molar-refractivity contribution in [2.24, 2.45) is 0 Å². The second kappa shape index (κ2) is 8.51. The third kappa shape index (κ3) is 4.18. The van der Waals surface area contributed by atoms with E-state index >= 15 is 0 Å². The van der Waals surface area contributed by atoms with Crippen LogP contribution in [0.3, 0.4) is 0 Å². The number of nitrogens with one attached hydrogen (secondary N) is 1. The number of ether oxygens (including phenoxy) is 2. The van der Waals surface area contributed by atoms with Crippen molar-refractivity contribution in [3.8, 4) is 11.5 Å². The summed E-state index contributed by atoms with van der Waals surface area (Å²) in [5, 5.41) is 3.32. The Morgan fingerprint density at radius 1 is 1.15 bits per heavy atom. The van der Waals surface area contributed by atoms with Crippen LogP contribution in [0.15, 0.2) is 41.0 Å². The molecular formula is C15H19ClNO3-. The molecule has 1 aromatic heterocycles. The van der Waals surface area contributed by atoms with E-state index in [9.17, 15) is 0 Å². The summed E-state index contributed by atoms with van der Waals surface area (Å²) in [5.74, 6) is 2.49. The maximum Gasteiger partial charge on any atom is 0.165 e. The minimum atomic E-state index is 0. The molecule has 1 N–H and O–H groups in total. The summed E-state index contributed by atoms with van der Waals surface area (Å²) < 4.78 is 16.3.